The lowest BCUT2D eigenvalue weighted by Gasteiger charge is -2.16. The lowest BCUT2D eigenvalue weighted by atomic mass is 10.1. The van der Waals surface area contributed by atoms with Gasteiger partial charge in [-0.1, -0.05) is 0 Å². The van der Waals surface area contributed by atoms with Crippen LogP contribution in [0.4, 0.5) is 0 Å². The molecule has 5 nitrogen and oxygen atoms in total. The van der Waals surface area contributed by atoms with Crippen LogP contribution < -0.4 is 0 Å². The Balaban J connectivity index is 2.29. The van der Waals surface area contributed by atoms with Crippen LogP contribution in [0.15, 0.2) is 23.3 Å². The van der Waals surface area contributed by atoms with Crippen LogP contribution in [-0.2, 0) is 21.3 Å². The minimum absolute atomic E-state index is 0.372. The molecule has 16 heavy (non-hydrogen) atoms. The van der Waals surface area contributed by atoms with Crippen molar-refractivity contribution in [3.05, 3.63) is 24.0 Å². The van der Waals surface area contributed by atoms with Crippen molar-refractivity contribution in [3.8, 4) is 0 Å². The predicted octanol–water partition coefficient (Wildman–Crippen LogP) is 1.06. The maximum atomic E-state index is 11.6. The molecule has 0 N–H and O–H groups in total. The summed E-state index contributed by atoms with van der Waals surface area (Å²) >= 11 is 0. The average Bonchev–Trinajstić information content (AvgIpc) is 2.83. The van der Waals surface area contributed by atoms with Gasteiger partial charge in [0.2, 0.25) is 0 Å². The first-order valence-corrected chi connectivity index (χ1v) is 5.03. The predicted molar refractivity (Wildman–Crippen MR) is 58.2 cm³/mol. The Kier molecular flexibility index (Phi) is 2.68. The number of carbonyl (C=O) groups excluding carboxylic acids is 1. The number of rotatable bonds is 2. The molecule has 2 atom stereocenters. The van der Waals surface area contributed by atoms with Gasteiger partial charge >= 0.3 is 5.97 Å². The van der Waals surface area contributed by atoms with Gasteiger partial charge in [0, 0.05) is 20.2 Å². The molecule has 0 aliphatic carbocycles. The van der Waals surface area contributed by atoms with Gasteiger partial charge in [-0.15, -0.1) is 0 Å². The van der Waals surface area contributed by atoms with E-state index in [2.05, 4.69) is 4.99 Å². The molecule has 0 saturated heterocycles. The highest BCUT2D eigenvalue weighted by molar-refractivity contribution is 5.85. The summed E-state index contributed by atoms with van der Waals surface area (Å²) in [6, 6.07) is 3.22. The Hall–Kier alpha value is -1.78. The second kappa shape index (κ2) is 4.00. The van der Waals surface area contributed by atoms with Gasteiger partial charge < -0.3 is 14.0 Å². The molecule has 1 aliphatic heterocycles. The van der Waals surface area contributed by atoms with Crippen molar-refractivity contribution >= 4 is 11.9 Å². The Labute approximate surface area is 93.7 Å². The number of aliphatic imine (C=N–C) groups is 1. The van der Waals surface area contributed by atoms with E-state index in [0.29, 0.717) is 5.90 Å². The first-order valence-electron chi connectivity index (χ1n) is 5.03. The quantitative estimate of drug-likeness (QED) is 0.703. The van der Waals surface area contributed by atoms with Gasteiger partial charge in [0.1, 0.15) is 0 Å². The summed E-state index contributed by atoms with van der Waals surface area (Å²) < 4.78 is 12.2. The van der Waals surface area contributed by atoms with E-state index in [0.717, 1.165) is 5.69 Å². The molecule has 0 radical (unpaired) electrons. The fourth-order valence-electron chi connectivity index (χ4n) is 1.83. The van der Waals surface area contributed by atoms with Crippen molar-refractivity contribution in [2.24, 2.45) is 12.0 Å². The van der Waals surface area contributed by atoms with Crippen molar-refractivity contribution in [1.29, 1.82) is 0 Å². The molecule has 1 aromatic rings. The molecule has 0 bridgehead atoms. The Morgan fingerprint density at radius 2 is 2.38 bits per heavy atom. The zero-order valence-corrected chi connectivity index (χ0v) is 9.51. The molecule has 2 unspecified atom stereocenters. The Morgan fingerprint density at radius 1 is 1.62 bits per heavy atom. The number of esters is 1. The molecule has 2 rings (SSSR count). The second-order valence-electron chi connectivity index (χ2n) is 3.70. The van der Waals surface area contributed by atoms with E-state index in [9.17, 15) is 4.79 Å². The number of aryl methyl sites for hydroxylation is 1. The summed E-state index contributed by atoms with van der Waals surface area (Å²) in [5.41, 5.74) is 0.913. The van der Waals surface area contributed by atoms with Crippen molar-refractivity contribution < 1.29 is 14.3 Å². The first-order chi connectivity index (χ1) is 7.63. The number of ether oxygens (including phenoxy) is 2. The minimum Gasteiger partial charge on any atom is -0.469 e. The van der Waals surface area contributed by atoms with Gasteiger partial charge in [-0.3, -0.25) is 0 Å². The van der Waals surface area contributed by atoms with Crippen molar-refractivity contribution in [2.45, 2.75) is 19.1 Å². The summed E-state index contributed by atoms with van der Waals surface area (Å²) in [4.78, 5) is 15.7. The number of nitrogens with zero attached hydrogens (tertiary/aromatic N) is 2. The highest BCUT2D eigenvalue weighted by Crippen LogP contribution is 2.29. The number of aromatic nitrogens is 1. The molecule has 0 spiro atoms. The smallest absolute Gasteiger partial charge is 0.335 e. The van der Waals surface area contributed by atoms with E-state index in [1.807, 2.05) is 29.9 Å². The fraction of sp³-hybridized carbons (Fsp3) is 0.455. The summed E-state index contributed by atoms with van der Waals surface area (Å²) in [7, 11) is 3.26. The highest BCUT2D eigenvalue weighted by atomic mass is 16.5. The Morgan fingerprint density at radius 3 is 2.94 bits per heavy atom. The maximum absolute atomic E-state index is 11.6. The molecule has 1 aromatic heterocycles. The minimum atomic E-state index is -0.599. The monoisotopic (exact) mass is 222 g/mol. The molecule has 0 fully saturated rings. The number of carbonyl (C=O) groups is 1. The van der Waals surface area contributed by atoms with Gasteiger partial charge in [-0.25, -0.2) is 9.79 Å². The fourth-order valence-corrected chi connectivity index (χ4v) is 1.83. The van der Waals surface area contributed by atoms with Crippen LogP contribution >= 0.6 is 0 Å². The molecule has 0 amide bonds. The van der Waals surface area contributed by atoms with E-state index < -0.39 is 6.04 Å². The number of hydrogen-bond donors (Lipinski definition) is 0. The highest BCUT2D eigenvalue weighted by Gasteiger charge is 2.38. The summed E-state index contributed by atoms with van der Waals surface area (Å²) in [6.45, 7) is 1.74. The number of methoxy groups -OCH3 is 1. The van der Waals surface area contributed by atoms with E-state index >= 15 is 0 Å². The van der Waals surface area contributed by atoms with Crippen LogP contribution in [0.2, 0.25) is 0 Å². The summed E-state index contributed by atoms with van der Waals surface area (Å²) in [6.07, 6.45) is 1.52. The van der Waals surface area contributed by atoms with Crippen LogP contribution in [0, 0.1) is 0 Å². The van der Waals surface area contributed by atoms with Crippen molar-refractivity contribution in [3.63, 3.8) is 0 Å². The van der Waals surface area contributed by atoms with Crippen LogP contribution in [0.3, 0.4) is 0 Å². The summed E-state index contributed by atoms with van der Waals surface area (Å²) in [5.74, 6) is 0.143. The lowest BCUT2D eigenvalue weighted by Crippen LogP contribution is -2.26. The van der Waals surface area contributed by atoms with E-state index in [4.69, 9.17) is 9.47 Å². The molecular weight excluding hydrogens is 208 g/mol. The normalized spacial score (nSPS) is 23.8. The van der Waals surface area contributed by atoms with E-state index in [1.54, 1.807) is 6.92 Å². The molecule has 86 valence electrons. The molecule has 1 aliphatic rings. The van der Waals surface area contributed by atoms with Gasteiger partial charge in [0.05, 0.1) is 12.8 Å². The third-order valence-electron chi connectivity index (χ3n) is 2.62. The van der Waals surface area contributed by atoms with Gasteiger partial charge in [0.25, 0.3) is 0 Å². The zero-order chi connectivity index (χ0) is 11.7. The van der Waals surface area contributed by atoms with Crippen LogP contribution in [0.25, 0.3) is 0 Å². The van der Waals surface area contributed by atoms with Gasteiger partial charge in [0.15, 0.2) is 18.0 Å². The molecule has 5 heteroatoms. The van der Waals surface area contributed by atoms with Crippen LogP contribution in [0.1, 0.15) is 18.7 Å². The molecule has 0 saturated carbocycles. The largest absolute Gasteiger partial charge is 0.469 e. The SMILES string of the molecule is COC(=O)C1N=C(C)OC1c1cccn1C. The topological polar surface area (TPSA) is 52.8 Å². The molecule has 2 heterocycles. The van der Waals surface area contributed by atoms with Crippen LogP contribution in [0.5, 0.6) is 0 Å². The van der Waals surface area contributed by atoms with Gasteiger partial charge in [-0.2, -0.15) is 0 Å². The zero-order valence-electron chi connectivity index (χ0n) is 9.51. The third-order valence-corrected chi connectivity index (χ3v) is 2.62. The second-order valence-corrected chi connectivity index (χ2v) is 3.70. The molecular formula is C11H14N2O3. The summed E-state index contributed by atoms with van der Waals surface area (Å²) in [5, 5.41) is 0. The maximum Gasteiger partial charge on any atom is 0.335 e. The average molecular weight is 222 g/mol. The Bertz CT molecular complexity index is 436. The first kappa shape index (κ1) is 10.7. The number of hydrogen-bond acceptors (Lipinski definition) is 4. The standard InChI is InChI=1S/C11H14N2O3/c1-7-12-9(11(14)15-3)10(16-7)8-5-4-6-13(8)2/h4-6,9-10H,1-3H3. The lowest BCUT2D eigenvalue weighted by molar-refractivity contribution is -0.143. The van der Waals surface area contributed by atoms with Crippen LogP contribution in [-0.4, -0.2) is 29.6 Å². The van der Waals surface area contributed by atoms with E-state index in [1.165, 1.54) is 7.11 Å². The third kappa shape index (κ3) is 1.68. The van der Waals surface area contributed by atoms with E-state index in [-0.39, 0.29) is 12.1 Å². The molecule has 0 aromatic carbocycles. The van der Waals surface area contributed by atoms with Crippen molar-refractivity contribution in [1.82, 2.24) is 4.57 Å². The van der Waals surface area contributed by atoms with Gasteiger partial charge in [-0.05, 0) is 12.1 Å². The van der Waals surface area contributed by atoms with Crippen molar-refractivity contribution in [2.75, 3.05) is 7.11 Å².